The van der Waals surface area contributed by atoms with Gasteiger partial charge in [0.05, 0.1) is 31.8 Å². The maximum atomic E-state index is 13.6. The van der Waals surface area contributed by atoms with Crippen LogP contribution >= 0.6 is 0 Å². The average molecular weight is 403 g/mol. The van der Waals surface area contributed by atoms with E-state index in [1.54, 1.807) is 23.8 Å². The van der Waals surface area contributed by atoms with Crippen molar-refractivity contribution in [3.8, 4) is 0 Å². The molecule has 2 aliphatic rings. The molecule has 1 aromatic carbocycles. The molecule has 8 heteroatoms. The summed E-state index contributed by atoms with van der Waals surface area (Å²) in [6, 6.07) is 7.78. The zero-order valence-electron chi connectivity index (χ0n) is 17.2. The van der Waals surface area contributed by atoms with Crippen molar-refractivity contribution in [1.29, 1.82) is 0 Å². The summed E-state index contributed by atoms with van der Waals surface area (Å²) in [5.74, 6) is -1.71. The summed E-state index contributed by atoms with van der Waals surface area (Å²) in [5, 5.41) is 2.66. The maximum Gasteiger partial charge on any atom is 0.321 e. The SMILES string of the molecule is CCOC(=O)C1C(C)C(C(=O)NC)N(C(=O)N2CCOCC2)C1c1ccccc1. The lowest BCUT2D eigenvalue weighted by atomic mass is 9.85. The van der Waals surface area contributed by atoms with Crippen LogP contribution in [0.3, 0.4) is 0 Å². The van der Waals surface area contributed by atoms with E-state index in [9.17, 15) is 14.4 Å². The molecular formula is C21H29N3O5. The van der Waals surface area contributed by atoms with Crippen molar-refractivity contribution in [2.75, 3.05) is 40.0 Å². The predicted molar refractivity (Wildman–Crippen MR) is 106 cm³/mol. The number of likely N-dealkylation sites (tertiary alicyclic amines) is 1. The van der Waals surface area contributed by atoms with Crippen LogP contribution in [0.1, 0.15) is 25.5 Å². The van der Waals surface area contributed by atoms with Gasteiger partial charge in [-0.2, -0.15) is 0 Å². The molecule has 2 fully saturated rings. The van der Waals surface area contributed by atoms with Crippen LogP contribution in [-0.2, 0) is 19.1 Å². The number of nitrogens with one attached hydrogen (secondary N) is 1. The largest absolute Gasteiger partial charge is 0.466 e. The quantitative estimate of drug-likeness (QED) is 0.769. The zero-order valence-corrected chi connectivity index (χ0v) is 17.2. The number of benzene rings is 1. The van der Waals surface area contributed by atoms with E-state index in [0.29, 0.717) is 26.3 Å². The summed E-state index contributed by atoms with van der Waals surface area (Å²) >= 11 is 0. The first kappa shape index (κ1) is 21.1. The Balaban J connectivity index is 2.07. The fourth-order valence-corrected chi connectivity index (χ4v) is 4.35. The third kappa shape index (κ3) is 4.07. The Bertz CT molecular complexity index is 735. The minimum Gasteiger partial charge on any atom is -0.466 e. The third-order valence-corrected chi connectivity index (χ3v) is 5.72. The van der Waals surface area contributed by atoms with Gasteiger partial charge in [0.15, 0.2) is 0 Å². The predicted octanol–water partition coefficient (Wildman–Crippen LogP) is 1.43. The van der Waals surface area contributed by atoms with E-state index in [0.717, 1.165) is 5.56 Å². The van der Waals surface area contributed by atoms with Crippen molar-refractivity contribution in [3.63, 3.8) is 0 Å². The molecule has 1 N–H and O–H groups in total. The molecule has 3 rings (SSSR count). The molecule has 0 aliphatic carbocycles. The van der Waals surface area contributed by atoms with E-state index >= 15 is 0 Å². The van der Waals surface area contributed by atoms with Gasteiger partial charge in [-0.25, -0.2) is 4.79 Å². The lowest BCUT2D eigenvalue weighted by Gasteiger charge is -2.37. The Hall–Kier alpha value is -2.61. The van der Waals surface area contributed by atoms with Crippen LogP contribution in [0.5, 0.6) is 0 Å². The van der Waals surface area contributed by atoms with Gasteiger partial charge in [0, 0.05) is 26.1 Å². The molecule has 29 heavy (non-hydrogen) atoms. The number of carbonyl (C=O) groups excluding carboxylic acids is 3. The summed E-state index contributed by atoms with van der Waals surface area (Å²) < 4.78 is 10.7. The molecule has 0 aromatic heterocycles. The zero-order chi connectivity index (χ0) is 21.0. The normalized spacial score (nSPS) is 26.9. The van der Waals surface area contributed by atoms with E-state index in [2.05, 4.69) is 5.32 Å². The lowest BCUT2D eigenvalue weighted by molar-refractivity contribution is -0.150. The average Bonchev–Trinajstić information content (AvgIpc) is 3.07. The highest BCUT2D eigenvalue weighted by Crippen LogP contribution is 2.46. The Kier molecular flexibility index (Phi) is 6.74. The van der Waals surface area contributed by atoms with E-state index in [4.69, 9.17) is 9.47 Å². The molecule has 0 spiro atoms. The molecule has 2 saturated heterocycles. The molecule has 1 aromatic rings. The lowest BCUT2D eigenvalue weighted by Crippen LogP contribution is -2.54. The number of amides is 3. The molecule has 158 valence electrons. The fraction of sp³-hybridized carbons (Fsp3) is 0.571. The molecule has 0 saturated carbocycles. The number of rotatable bonds is 4. The second kappa shape index (κ2) is 9.26. The molecule has 8 nitrogen and oxygen atoms in total. The molecule has 0 radical (unpaired) electrons. The molecule has 4 unspecified atom stereocenters. The minimum absolute atomic E-state index is 0.242. The Morgan fingerprint density at radius 2 is 1.83 bits per heavy atom. The topological polar surface area (TPSA) is 88.2 Å². The van der Waals surface area contributed by atoms with Gasteiger partial charge in [-0.15, -0.1) is 0 Å². The molecule has 2 heterocycles. The number of esters is 1. The van der Waals surface area contributed by atoms with Gasteiger partial charge in [0.1, 0.15) is 6.04 Å². The van der Waals surface area contributed by atoms with Crippen molar-refractivity contribution in [2.45, 2.75) is 25.9 Å². The van der Waals surface area contributed by atoms with Crippen LogP contribution in [0.25, 0.3) is 0 Å². The first-order chi connectivity index (χ1) is 14.0. The number of likely N-dealkylation sites (N-methyl/N-ethyl adjacent to an activating group) is 1. The van der Waals surface area contributed by atoms with Crippen LogP contribution in [-0.4, -0.2) is 73.7 Å². The van der Waals surface area contributed by atoms with Crippen LogP contribution in [0.15, 0.2) is 30.3 Å². The molecular weight excluding hydrogens is 374 g/mol. The highest BCUT2D eigenvalue weighted by molar-refractivity contribution is 5.90. The van der Waals surface area contributed by atoms with Gasteiger partial charge in [0.2, 0.25) is 5.91 Å². The third-order valence-electron chi connectivity index (χ3n) is 5.72. The van der Waals surface area contributed by atoms with E-state index in [-0.39, 0.29) is 24.5 Å². The van der Waals surface area contributed by atoms with Gasteiger partial charge < -0.3 is 24.6 Å². The van der Waals surface area contributed by atoms with Crippen molar-refractivity contribution in [3.05, 3.63) is 35.9 Å². The summed E-state index contributed by atoms with van der Waals surface area (Å²) in [4.78, 5) is 42.6. The van der Waals surface area contributed by atoms with Gasteiger partial charge in [-0.1, -0.05) is 37.3 Å². The molecule has 2 aliphatic heterocycles. The summed E-state index contributed by atoms with van der Waals surface area (Å²) in [5.41, 5.74) is 0.811. The Morgan fingerprint density at radius 3 is 2.41 bits per heavy atom. The van der Waals surface area contributed by atoms with Crippen LogP contribution in [0.2, 0.25) is 0 Å². The fourth-order valence-electron chi connectivity index (χ4n) is 4.35. The highest BCUT2D eigenvalue weighted by atomic mass is 16.5. The molecule has 3 amide bonds. The Labute approximate surface area is 171 Å². The first-order valence-electron chi connectivity index (χ1n) is 10.1. The first-order valence-corrected chi connectivity index (χ1v) is 10.1. The van der Waals surface area contributed by atoms with E-state index in [1.165, 1.54) is 0 Å². The summed E-state index contributed by atoms with van der Waals surface area (Å²) in [6.45, 7) is 5.65. The second-order valence-corrected chi connectivity index (χ2v) is 7.34. The Morgan fingerprint density at radius 1 is 1.17 bits per heavy atom. The van der Waals surface area contributed by atoms with E-state index < -0.39 is 23.9 Å². The monoisotopic (exact) mass is 403 g/mol. The highest BCUT2D eigenvalue weighted by Gasteiger charge is 2.56. The minimum atomic E-state index is -0.769. The van der Waals surface area contributed by atoms with Crippen molar-refractivity contribution < 1.29 is 23.9 Å². The number of morpholine rings is 1. The number of hydrogen-bond donors (Lipinski definition) is 1. The van der Waals surface area contributed by atoms with Crippen LogP contribution < -0.4 is 5.32 Å². The molecule has 4 atom stereocenters. The van der Waals surface area contributed by atoms with Crippen LogP contribution in [0, 0.1) is 11.8 Å². The van der Waals surface area contributed by atoms with E-state index in [1.807, 2.05) is 37.3 Å². The number of ether oxygens (including phenoxy) is 2. The van der Waals surface area contributed by atoms with Gasteiger partial charge in [0.25, 0.3) is 0 Å². The van der Waals surface area contributed by atoms with Gasteiger partial charge in [-0.3, -0.25) is 9.59 Å². The maximum absolute atomic E-state index is 13.6. The molecule has 0 bridgehead atoms. The standard InChI is InChI=1S/C21H29N3O5/c1-4-29-20(26)16-14(2)17(19(25)22-3)24(18(16)15-8-6-5-7-9-15)21(27)23-10-12-28-13-11-23/h5-9,14,16-18H,4,10-13H2,1-3H3,(H,22,25). The number of nitrogens with zero attached hydrogens (tertiary/aromatic N) is 2. The number of urea groups is 1. The number of carbonyl (C=O) groups is 3. The van der Waals surface area contributed by atoms with Crippen molar-refractivity contribution in [2.24, 2.45) is 11.8 Å². The van der Waals surface area contributed by atoms with Gasteiger partial charge in [-0.05, 0) is 12.5 Å². The van der Waals surface area contributed by atoms with Crippen LogP contribution in [0.4, 0.5) is 4.79 Å². The van der Waals surface area contributed by atoms with Crippen molar-refractivity contribution >= 4 is 17.9 Å². The summed E-state index contributed by atoms with van der Waals surface area (Å²) in [7, 11) is 1.54. The van der Waals surface area contributed by atoms with Gasteiger partial charge >= 0.3 is 12.0 Å². The second-order valence-electron chi connectivity index (χ2n) is 7.34. The smallest absolute Gasteiger partial charge is 0.321 e. The number of hydrogen-bond acceptors (Lipinski definition) is 5. The van der Waals surface area contributed by atoms with Crippen molar-refractivity contribution in [1.82, 2.24) is 15.1 Å². The summed E-state index contributed by atoms with van der Waals surface area (Å²) in [6.07, 6.45) is 0.